The van der Waals surface area contributed by atoms with Crippen molar-refractivity contribution in [3.8, 4) is 0 Å². The number of sulfonamides is 1. The minimum Gasteiger partial charge on any atom is -0.385 e. The summed E-state index contributed by atoms with van der Waals surface area (Å²) in [6.45, 7) is 4.02. The molecule has 1 aromatic carbocycles. The topological polar surface area (TPSA) is 98.5 Å². The summed E-state index contributed by atoms with van der Waals surface area (Å²) in [4.78, 5) is 12.0. The van der Waals surface area contributed by atoms with Crippen LogP contribution in [0.25, 0.3) is 0 Å². The number of methoxy groups -OCH3 is 1. The number of rotatable bonds is 6. The maximum atomic E-state index is 12.0. The van der Waals surface area contributed by atoms with Gasteiger partial charge in [0.15, 0.2) is 0 Å². The van der Waals surface area contributed by atoms with Gasteiger partial charge in [-0.05, 0) is 38.0 Å². The highest BCUT2D eigenvalue weighted by Gasteiger charge is 2.16. The summed E-state index contributed by atoms with van der Waals surface area (Å²) < 4.78 is 27.8. The third-order valence-corrected chi connectivity index (χ3v) is 3.94. The summed E-state index contributed by atoms with van der Waals surface area (Å²) in [5.41, 5.74) is 0.778. The first-order valence-corrected chi connectivity index (χ1v) is 7.73. The van der Waals surface area contributed by atoms with E-state index in [2.05, 4.69) is 5.32 Å². The first kappa shape index (κ1) is 16.6. The molecule has 6 nitrogen and oxygen atoms in total. The Morgan fingerprint density at radius 1 is 1.45 bits per heavy atom. The molecule has 0 aliphatic carbocycles. The minimum absolute atomic E-state index is 0.0327. The van der Waals surface area contributed by atoms with E-state index in [1.165, 1.54) is 6.07 Å². The zero-order chi connectivity index (χ0) is 15.3. The lowest BCUT2D eigenvalue weighted by Crippen LogP contribution is -2.33. The van der Waals surface area contributed by atoms with Crippen LogP contribution in [0.3, 0.4) is 0 Å². The van der Waals surface area contributed by atoms with Crippen LogP contribution in [0.1, 0.15) is 29.3 Å². The van der Waals surface area contributed by atoms with Crippen LogP contribution in [0.15, 0.2) is 23.1 Å². The van der Waals surface area contributed by atoms with Crippen molar-refractivity contribution < 1.29 is 17.9 Å². The summed E-state index contributed by atoms with van der Waals surface area (Å²) >= 11 is 0. The second kappa shape index (κ2) is 6.83. The van der Waals surface area contributed by atoms with Crippen LogP contribution >= 0.6 is 0 Å². The van der Waals surface area contributed by atoms with Crippen LogP contribution < -0.4 is 10.5 Å². The molecule has 0 saturated carbocycles. The predicted octanol–water partition coefficient (Wildman–Crippen LogP) is 0.797. The van der Waals surface area contributed by atoms with E-state index in [4.69, 9.17) is 9.88 Å². The number of hydrogen-bond donors (Lipinski definition) is 2. The molecule has 1 amide bonds. The molecule has 112 valence electrons. The monoisotopic (exact) mass is 300 g/mol. The van der Waals surface area contributed by atoms with Crippen LogP contribution in [0, 0.1) is 6.92 Å². The van der Waals surface area contributed by atoms with Crippen LogP contribution in [0.5, 0.6) is 0 Å². The van der Waals surface area contributed by atoms with Crippen molar-refractivity contribution in [3.05, 3.63) is 29.3 Å². The van der Waals surface area contributed by atoms with Crippen molar-refractivity contribution >= 4 is 15.9 Å². The third kappa shape index (κ3) is 4.59. The van der Waals surface area contributed by atoms with Gasteiger partial charge in [0, 0.05) is 25.3 Å². The highest BCUT2D eigenvalue weighted by molar-refractivity contribution is 7.89. The van der Waals surface area contributed by atoms with E-state index in [0.717, 1.165) is 0 Å². The van der Waals surface area contributed by atoms with Gasteiger partial charge in [0.1, 0.15) is 0 Å². The summed E-state index contributed by atoms with van der Waals surface area (Å²) in [5, 5.41) is 7.89. The Kier molecular flexibility index (Phi) is 5.67. The highest BCUT2D eigenvalue weighted by Crippen LogP contribution is 2.15. The molecule has 0 radical (unpaired) electrons. The maximum absolute atomic E-state index is 12.0. The number of benzene rings is 1. The summed E-state index contributed by atoms with van der Waals surface area (Å²) in [5.74, 6) is -0.335. The largest absolute Gasteiger partial charge is 0.385 e. The molecule has 0 heterocycles. The summed E-state index contributed by atoms with van der Waals surface area (Å²) in [6.07, 6.45) is 0.677. The van der Waals surface area contributed by atoms with Gasteiger partial charge >= 0.3 is 0 Å². The van der Waals surface area contributed by atoms with Crippen LogP contribution in [-0.4, -0.2) is 34.1 Å². The van der Waals surface area contributed by atoms with E-state index < -0.39 is 10.0 Å². The number of carbonyl (C=O) groups is 1. The Morgan fingerprint density at radius 3 is 2.65 bits per heavy atom. The van der Waals surface area contributed by atoms with E-state index in [9.17, 15) is 13.2 Å². The van der Waals surface area contributed by atoms with E-state index in [-0.39, 0.29) is 22.4 Å². The van der Waals surface area contributed by atoms with Gasteiger partial charge in [-0.1, -0.05) is 6.07 Å². The first-order valence-electron chi connectivity index (χ1n) is 6.19. The van der Waals surface area contributed by atoms with Gasteiger partial charge in [0.2, 0.25) is 10.0 Å². The number of aryl methyl sites for hydroxylation is 1. The third-order valence-electron chi connectivity index (χ3n) is 2.89. The number of amides is 1. The predicted molar refractivity (Wildman–Crippen MR) is 76.0 cm³/mol. The lowest BCUT2D eigenvalue weighted by molar-refractivity contribution is 0.0929. The lowest BCUT2D eigenvalue weighted by Gasteiger charge is -2.14. The molecule has 0 bridgehead atoms. The number of hydrogen-bond acceptors (Lipinski definition) is 4. The fraction of sp³-hybridized carbons (Fsp3) is 0.462. The smallest absolute Gasteiger partial charge is 0.251 e. The average Bonchev–Trinajstić information content (AvgIpc) is 2.35. The fourth-order valence-corrected chi connectivity index (χ4v) is 2.53. The van der Waals surface area contributed by atoms with Crippen molar-refractivity contribution in [2.45, 2.75) is 31.2 Å². The van der Waals surface area contributed by atoms with Crippen molar-refractivity contribution in [1.29, 1.82) is 0 Å². The van der Waals surface area contributed by atoms with Crippen molar-refractivity contribution in [3.63, 3.8) is 0 Å². The number of primary sulfonamides is 1. The molecule has 0 spiro atoms. The SMILES string of the molecule is COCCC(C)NC(=O)c1ccc(C)c(S(N)(=O)=O)c1. The number of nitrogens with one attached hydrogen (secondary N) is 1. The van der Waals surface area contributed by atoms with Gasteiger partial charge in [-0.3, -0.25) is 4.79 Å². The van der Waals surface area contributed by atoms with Gasteiger partial charge < -0.3 is 10.1 Å². The molecule has 1 atom stereocenters. The Bertz CT molecular complexity index is 584. The Balaban J connectivity index is 2.90. The highest BCUT2D eigenvalue weighted by atomic mass is 32.2. The Morgan fingerprint density at radius 2 is 2.10 bits per heavy atom. The zero-order valence-corrected chi connectivity index (χ0v) is 12.7. The van der Waals surface area contributed by atoms with E-state index in [1.54, 1.807) is 26.2 Å². The summed E-state index contributed by atoms with van der Waals surface area (Å²) in [6, 6.07) is 4.36. The van der Waals surface area contributed by atoms with Gasteiger partial charge in [0.05, 0.1) is 4.90 Å². The number of nitrogens with two attached hydrogens (primary N) is 1. The number of ether oxygens (including phenoxy) is 1. The molecule has 1 unspecified atom stereocenters. The molecular weight excluding hydrogens is 280 g/mol. The maximum Gasteiger partial charge on any atom is 0.251 e. The molecule has 0 saturated heterocycles. The zero-order valence-electron chi connectivity index (χ0n) is 11.8. The van der Waals surface area contributed by atoms with E-state index in [1.807, 2.05) is 6.92 Å². The average molecular weight is 300 g/mol. The van der Waals surface area contributed by atoms with Crippen LogP contribution in [0.2, 0.25) is 0 Å². The normalized spacial score (nSPS) is 13.0. The first-order chi connectivity index (χ1) is 9.25. The van der Waals surface area contributed by atoms with Gasteiger partial charge in [-0.25, -0.2) is 13.6 Å². The molecule has 1 aromatic rings. The quantitative estimate of drug-likeness (QED) is 0.811. The van der Waals surface area contributed by atoms with Gasteiger partial charge in [0.25, 0.3) is 5.91 Å². The second-order valence-electron chi connectivity index (χ2n) is 4.68. The molecule has 20 heavy (non-hydrogen) atoms. The molecule has 0 aliphatic heterocycles. The van der Waals surface area contributed by atoms with Gasteiger partial charge in [-0.2, -0.15) is 0 Å². The molecular formula is C13H20N2O4S. The van der Waals surface area contributed by atoms with E-state index in [0.29, 0.717) is 18.6 Å². The van der Waals surface area contributed by atoms with Crippen LogP contribution in [0.4, 0.5) is 0 Å². The van der Waals surface area contributed by atoms with Crippen molar-refractivity contribution in [2.75, 3.05) is 13.7 Å². The molecule has 0 fully saturated rings. The minimum atomic E-state index is -3.83. The number of carbonyl (C=O) groups excluding carboxylic acids is 1. The molecule has 7 heteroatoms. The molecule has 3 N–H and O–H groups in total. The Labute approximate surface area is 119 Å². The second-order valence-corrected chi connectivity index (χ2v) is 6.21. The molecule has 0 aliphatic rings. The van der Waals surface area contributed by atoms with E-state index >= 15 is 0 Å². The lowest BCUT2D eigenvalue weighted by atomic mass is 10.1. The summed E-state index contributed by atoms with van der Waals surface area (Å²) in [7, 11) is -2.24. The fourth-order valence-electron chi connectivity index (χ4n) is 1.72. The molecule has 1 rings (SSSR count). The van der Waals surface area contributed by atoms with Gasteiger partial charge in [-0.15, -0.1) is 0 Å². The van der Waals surface area contributed by atoms with Crippen molar-refractivity contribution in [2.24, 2.45) is 5.14 Å². The van der Waals surface area contributed by atoms with Crippen LogP contribution in [-0.2, 0) is 14.8 Å². The van der Waals surface area contributed by atoms with Crippen molar-refractivity contribution in [1.82, 2.24) is 5.32 Å². The molecule has 0 aromatic heterocycles. The Hall–Kier alpha value is -1.44. The standard InChI is InChI=1S/C13H20N2O4S/c1-9-4-5-11(8-12(9)20(14,17)18)13(16)15-10(2)6-7-19-3/h4-5,8,10H,6-7H2,1-3H3,(H,15,16)(H2,14,17,18).